The van der Waals surface area contributed by atoms with E-state index in [1.807, 2.05) is 0 Å². The van der Waals surface area contributed by atoms with E-state index in [0.717, 1.165) is 0 Å². The second kappa shape index (κ2) is 7.68. The highest BCUT2D eigenvalue weighted by Gasteiger charge is 2.40. The van der Waals surface area contributed by atoms with E-state index in [2.05, 4.69) is 15.7 Å². The second-order valence-corrected chi connectivity index (χ2v) is 8.13. The topological polar surface area (TPSA) is 79.2 Å². The minimum atomic E-state index is -1.08. The largest absolute Gasteiger partial charge is 0.480 e. The number of anilines is 1. The summed E-state index contributed by atoms with van der Waals surface area (Å²) < 4.78 is 30.9. The smallest absolute Gasteiger partial charge is 0.325 e. The molecule has 6 nitrogen and oxygen atoms in total. The first-order valence-electron chi connectivity index (χ1n) is 9.23. The maximum Gasteiger partial charge on any atom is 0.325 e. The van der Waals surface area contributed by atoms with Crippen LogP contribution in [0.1, 0.15) is 17.7 Å². The van der Waals surface area contributed by atoms with Crippen molar-refractivity contribution in [3.8, 4) is 0 Å². The lowest BCUT2D eigenvalue weighted by atomic mass is 9.87. The predicted octanol–water partition coefficient (Wildman–Crippen LogP) is 4.32. The molecule has 2 heterocycles. The molecule has 1 aliphatic heterocycles. The predicted molar refractivity (Wildman–Crippen MR) is 111 cm³/mol. The molecule has 0 radical (unpaired) electrons. The lowest BCUT2D eigenvalue weighted by molar-refractivity contribution is -0.137. The standard InChI is InChI=1S/C20H18Cl2F2N4O2/c1-10-17-14(24)6-11(7-15(17)27-28(10)8-16(29)30)26-20(4-5-25-9-20)18-13(23)3-2-12(21)19(18)22/h2-3,6-7,25-26H,4-5,8-9H2,1H3,(H,29,30). The zero-order chi connectivity index (χ0) is 21.6. The summed E-state index contributed by atoms with van der Waals surface area (Å²) in [5, 5.41) is 20.2. The number of rotatable bonds is 5. The van der Waals surface area contributed by atoms with Crippen LogP contribution < -0.4 is 10.6 Å². The Bertz CT molecular complexity index is 1160. The molecule has 0 saturated carbocycles. The van der Waals surface area contributed by atoms with E-state index in [9.17, 15) is 13.6 Å². The van der Waals surface area contributed by atoms with Crippen LogP contribution >= 0.6 is 23.2 Å². The average molecular weight is 455 g/mol. The molecule has 1 unspecified atom stereocenters. The van der Waals surface area contributed by atoms with Crippen molar-refractivity contribution in [3.05, 3.63) is 57.2 Å². The molecule has 30 heavy (non-hydrogen) atoms. The Morgan fingerprint density at radius 1 is 1.33 bits per heavy atom. The average Bonchev–Trinajstić information content (AvgIpc) is 3.24. The fourth-order valence-electron chi connectivity index (χ4n) is 4.03. The summed E-state index contributed by atoms with van der Waals surface area (Å²) >= 11 is 12.5. The molecular formula is C20H18Cl2F2N4O2. The number of benzene rings is 2. The number of aryl methyl sites for hydroxylation is 1. The molecule has 1 aromatic heterocycles. The third-order valence-electron chi connectivity index (χ3n) is 5.39. The van der Waals surface area contributed by atoms with Gasteiger partial charge in [0.05, 0.1) is 26.5 Å². The Balaban J connectivity index is 1.80. The molecule has 2 aromatic carbocycles. The molecular weight excluding hydrogens is 437 g/mol. The molecule has 3 aromatic rings. The van der Waals surface area contributed by atoms with Gasteiger partial charge >= 0.3 is 5.97 Å². The second-order valence-electron chi connectivity index (χ2n) is 7.34. The summed E-state index contributed by atoms with van der Waals surface area (Å²) in [5.74, 6) is -2.14. The van der Waals surface area contributed by atoms with Crippen LogP contribution in [-0.4, -0.2) is 33.9 Å². The van der Waals surface area contributed by atoms with Crippen LogP contribution in [0.4, 0.5) is 14.5 Å². The van der Waals surface area contributed by atoms with E-state index >= 15 is 0 Å². The van der Waals surface area contributed by atoms with Gasteiger partial charge in [-0.3, -0.25) is 9.48 Å². The molecule has 1 atom stereocenters. The molecule has 10 heteroatoms. The van der Waals surface area contributed by atoms with Gasteiger partial charge in [0.2, 0.25) is 0 Å². The molecule has 1 saturated heterocycles. The number of nitrogens with zero attached hydrogens (tertiary/aromatic N) is 2. The quantitative estimate of drug-likeness (QED) is 0.500. The van der Waals surface area contributed by atoms with Crippen molar-refractivity contribution in [2.45, 2.75) is 25.4 Å². The van der Waals surface area contributed by atoms with Gasteiger partial charge in [-0.05, 0) is 44.2 Å². The van der Waals surface area contributed by atoms with Gasteiger partial charge in [0.25, 0.3) is 0 Å². The van der Waals surface area contributed by atoms with Crippen molar-refractivity contribution < 1.29 is 18.7 Å². The number of fused-ring (bicyclic) bond motifs is 1. The van der Waals surface area contributed by atoms with Crippen molar-refractivity contribution >= 4 is 45.8 Å². The number of carboxylic acid groups (broad SMARTS) is 1. The van der Waals surface area contributed by atoms with E-state index in [-0.39, 0.29) is 27.5 Å². The van der Waals surface area contributed by atoms with Crippen LogP contribution in [0.3, 0.4) is 0 Å². The van der Waals surface area contributed by atoms with Gasteiger partial charge in [-0.15, -0.1) is 0 Å². The number of carboxylic acids is 1. The summed E-state index contributed by atoms with van der Waals surface area (Å²) in [6.45, 7) is 2.19. The SMILES string of the molecule is Cc1c2c(F)cc(NC3(c4c(F)ccc(Cl)c4Cl)CCNC3)cc2nn1CC(=O)O. The molecule has 0 aliphatic carbocycles. The zero-order valence-electron chi connectivity index (χ0n) is 15.9. The Morgan fingerprint density at radius 3 is 2.77 bits per heavy atom. The first-order chi connectivity index (χ1) is 14.2. The molecule has 1 fully saturated rings. The first-order valence-corrected chi connectivity index (χ1v) is 9.99. The fourth-order valence-corrected chi connectivity index (χ4v) is 4.53. The van der Waals surface area contributed by atoms with Crippen LogP contribution in [-0.2, 0) is 16.9 Å². The zero-order valence-corrected chi connectivity index (χ0v) is 17.4. The lowest BCUT2D eigenvalue weighted by Gasteiger charge is -2.33. The van der Waals surface area contributed by atoms with Crippen molar-refractivity contribution in [1.29, 1.82) is 0 Å². The van der Waals surface area contributed by atoms with E-state index in [0.29, 0.717) is 36.4 Å². The van der Waals surface area contributed by atoms with Crippen LogP contribution in [0.2, 0.25) is 10.0 Å². The van der Waals surface area contributed by atoms with Gasteiger partial charge in [-0.1, -0.05) is 23.2 Å². The maximum absolute atomic E-state index is 14.9. The number of carbonyl (C=O) groups is 1. The van der Waals surface area contributed by atoms with Gasteiger partial charge in [0.15, 0.2) is 0 Å². The van der Waals surface area contributed by atoms with Gasteiger partial charge < -0.3 is 15.7 Å². The highest BCUT2D eigenvalue weighted by Crippen LogP contribution is 2.41. The molecule has 4 rings (SSSR count). The summed E-state index contributed by atoms with van der Waals surface area (Å²) in [5.41, 5.74) is 0.367. The third kappa shape index (κ3) is 3.49. The summed E-state index contributed by atoms with van der Waals surface area (Å²) in [6, 6.07) is 5.55. The molecule has 1 aliphatic rings. The summed E-state index contributed by atoms with van der Waals surface area (Å²) in [6.07, 6.45) is 0.496. The Kier molecular flexibility index (Phi) is 5.34. The maximum atomic E-state index is 14.9. The van der Waals surface area contributed by atoms with E-state index in [1.54, 1.807) is 13.0 Å². The van der Waals surface area contributed by atoms with E-state index < -0.39 is 23.1 Å². The van der Waals surface area contributed by atoms with Gasteiger partial charge in [-0.25, -0.2) is 8.78 Å². The minimum absolute atomic E-state index is 0.107. The molecule has 0 bridgehead atoms. The number of aliphatic carboxylic acids is 1. The lowest BCUT2D eigenvalue weighted by Crippen LogP contribution is -2.39. The highest BCUT2D eigenvalue weighted by atomic mass is 35.5. The fraction of sp³-hybridized carbons (Fsp3) is 0.300. The van der Waals surface area contributed by atoms with Gasteiger partial charge in [0.1, 0.15) is 18.2 Å². The first kappa shape index (κ1) is 20.8. The van der Waals surface area contributed by atoms with Crippen molar-refractivity contribution in [2.24, 2.45) is 0 Å². The van der Waals surface area contributed by atoms with Gasteiger partial charge in [-0.2, -0.15) is 5.10 Å². The Morgan fingerprint density at radius 2 is 2.10 bits per heavy atom. The molecule has 0 spiro atoms. The number of nitrogens with one attached hydrogen (secondary N) is 2. The number of halogens is 4. The van der Waals surface area contributed by atoms with Crippen LogP contribution in [0.15, 0.2) is 24.3 Å². The third-order valence-corrected chi connectivity index (χ3v) is 6.20. The van der Waals surface area contributed by atoms with Crippen molar-refractivity contribution in [3.63, 3.8) is 0 Å². The molecule has 0 amide bonds. The van der Waals surface area contributed by atoms with Crippen LogP contribution in [0.5, 0.6) is 0 Å². The number of hydrogen-bond donors (Lipinski definition) is 3. The monoisotopic (exact) mass is 454 g/mol. The minimum Gasteiger partial charge on any atom is -0.480 e. The van der Waals surface area contributed by atoms with Crippen LogP contribution in [0, 0.1) is 18.6 Å². The van der Waals surface area contributed by atoms with Crippen LogP contribution in [0.25, 0.3) is 10.9 Å². The molecule has 3 N–H and O–H groups in total. The summed E-state index contributed by atoms with van der Waals surface area (Å²) in [4.78, 5) is 11.0. The van der Waals surface area contributed by atoms with Crippen molar-refractivity contribution in [2.75, 3.05) is 18.4 Å². The Hall–Kier alpha value is -2.42. The highest BCUT2D eigenvalue weighted by molar-refractivity contribution is 6.42. The van der Waals surface area contributed by atoms with E-state index in [1.165, 1.54) is 22.9 Å². The normalized spacial score (nSPS) is 18.8. The Labute approximate surface area is 180 Å². The number of aromatic nitrogens is 2. The van der Waals surface area contributed by atoms with Gasteiger partial charge in [0, 0.05) is 23.5 Å². The summed E-state index contributed by atoms with van der Waals surface area (Å²) in [7, 11) is 0. The van der Waals surface area contributed by atoms with Crippen molar-refractivity contribution in [1.82, 2.24) is 15.1 Å². The van der Waals surface area contributed by atoms with E-state index in [4.69, 9.17) is 28.3 Å². The number of hydrogen-bond acceptors (Lipinski definition) is 4. The molecule has 158 valence electrons.